The first-order valence-electron chi connectivity index (χ1n) is 11.0. The summed E-state index contributed by atoms with van der Waals surface area (Å²) in [4.78, 5) is 33.4. The normalized spacial score (nSPS) is 12.2. The van der Waals surface area contributed by atoms with Crippen LogP contribution in [-0.2, 0) is 20.2 Å². The summed E-state index contributed by atoms with van der Waals surface area (Å²) in [6, 6.07) is 6.61. The summed E-state index contributed by atoms with van der Waals surface area (Å²) in [5.41, 5.74) is -3.37. The van der Waals surface area contributed by atoms with Gasteiger partial charge >= 0.3 is 0 Å². The summed E-state index contributed by atoms with van der Waals surface area (Å²) in [5.74, 6) is -1.47. The molecule has 21 heteroatoms. The maximum atomic E-state index is 12.0. The van der Waals surface area contributed by atoms with E-state index >= 15 is 0 Å². The van der Waals surface area contributed by atoms with E-state index in [1.165, 1.54) is 24.3 Å². The quantitative estimate of drug-likeness (QED) is 0.0701. The zero-order valence-electron chi connectivity index (χ0n) is 21.5. The first-order chi connectivity index (χ1) is 19.7. The van der Waals surface area contributed by atoms with E-state index in [1.807, 2.05) is 0 Å². The largest absolute Gasteiger partial charge is 0.492 e. The Morgan fingerprint density at radius 3 is 1.35 bits per heavy atom. The number of nitrogens with one attached hydrogen (secondary N) is 2. The molecule has 6 N–H and O–H groups in total. The number of benzene rings is 2. The van der Waals surface area contributed by atoms with Gasteiger partial charge in [-0.05, 0) is 35.4 Å². The second-order valence-electron chi connectivity index (χ2n) is 7.94. The van der Waals surface area contributed by atoms with Crippen molar-refractivity contribution in [2.24, 2.45) is 20.5 Å². The third-order valence-corrected chi connectivity index (χ3v) is 6.96. The first kappa shape index (κ1) is 33.1. The predicted octanol–water partition coefficient (Wildman–Crippen LogP) is 2.38. The molecule has 2 aromatic carbocycles. The summed E-state index contributed by atoms with van der Waals surface area (Å²) in [5, 5.41) is 33.7. The second kappa shape index (κ2) is 13.2. The Labute approximate surface area is 262 Å². The first-order valence-corrected chi connectivity index (χ1v) is 13.9. The number of rotatable bonds is 8. The molecule has 2 heterocycles. The van der Waals surface area contributed by atoms with E-state index in [0.29, 0.717) is 0 Å². The van der Waals surface area contributed by atoms with E-state index in [0.717, 1.165) is 36.9 Å². The Morgan fingerprint density at radius 2 is 1.02 bits per heavy atom. The van der Waals surface area contributed by atoms with Gasteiger partial charge in [-0.3, -0.25) is 18.7 Å². The van der Waals surface area contributed by atoms with Gasteiger partial charge in [-0.1, -0.05) is 24.3 Å². The van der Waals surface area contributed by atoms with Gasteiger partial charge in [-0.25, -0.2) is 9.97 Å². The zero-order valence-corrected chi connectivity index (χ0v) is 25.1. The van der Waals surface area contributed by atoms with Crippen molar-refractivity contribution in [3.63, 3.8) is 0 Å². The van der Waals surface area contributed by atoms with Crippen LogP contribution in [0.3, 0.4) is 0 Å². The van der Waals surface area contributed by atoms with Gasteiger partial charge in [0.1, 0.15) is 9.79 Å². The molecular weight excluding hydrogens is 623 g/mol. The molecule has 0 amide bonds. The average Bonchev–Trinajstić information content (AvgIpc) is 2.91. The van der Waals surface area contributed by atoms with Crippen molar-refractivity contribution in [2.75, 3.05) is 0 Å². The van der Waals surface area contributed by atoms with E-state index in [-0.39, 0.29) is 52.1 Å². The van der Waals surface area contributed by atoms with Crippen LogP contribution in [0, 0.1) is 0 Å². The standard InChI is InChI=1S/C22H16N8O10S2.Na/c31-19-17(20(32)24-9-23-19)29-27-13-5-3-11(15(7-13)41(35,36)37)1-2-12-4-6-14(8-16(12)42(38,39)40)28-30-18-21(33)25-10-26-22(18)34;/h1-10H,(H,35,36,37)(H,38,39,40)(H2,23,24,31,32)(H2,25,26,33,34);/b2-1+,29-27?,30-28?;. The minimum absolute atomic E-state index is 0. The Kier molecular flexibility index (Phi) is 10.2. The van der Waals surface area contributed by atoms with Crippen LogP contribution in [0.4, 0.5) is 22.7 Å². The number of aromatic hydroxyl groups is 2. The van der Waals surface area contributed by atoms with Crippen molar-refractivity contribution in [1.82, 2.24) is 19.9 Å². The van der Waals surface area contributed by atoms with Crippen molar-refractivity contribution in [3.05, 3.63) is 80.9 Å². The van der Waals surface area contributed by atoms with Gasteiger partial charge in [0.05, 0.1) is 24.0 Å². The third kappa shape index (κ3) is 8.10. The molecule has 2 aromatic heterocycles. The van der Waals surface area contributed by atoms with Crippen molar-refractivity contribution < 1.29 is 36.2 Å². The summed E-state index contributed by atoms with van der Waals surface area (Å²) in [7, 11) is -9.75. The fourth-order valence-corrected chi connectivity index (χ4v) is 4.64. The van der Waals surface area contributed by atoms with E-state index in [1.54, 1.807) is 0 Å². The van der Waals surface area contributed by atoms with Crippen LogP contribution in [-0.4, -0.2) is 85.6 Å². The van der Waals surface area contributed by atoms with Crippen LogP contribution < -0.4 is 11.1 Å². The van der Waals surface area contributed by atoms with Gasteiger partial charge in [0.25, 0.3) is 31.4 Å². The van der Waals surface area contributed by atoms with Gasteiger partial charge in [0.15, 0.2) is 0 Å². The molecule has 4 rings (SSSR count). The van der Waals surface area contributed by atoms with Gasteiger partial charge in [-0.15, -0.1) is 10.2 Å². The zero-order chi connectivity index (χ0) is 30.7. The molecule has 1 radical (unpaired) electrons. The van der Waals surface area contributed by atoms with Gasteiger partial charge in [0, 0.05) is 29.6 Å². The fraction of sp³-hybridized carbons (Fsp3) is 0. The van der Waals surface area contributed by atoms with Crippen molar-refractivity contribution in [3.8, 4) is 11.8 Å². The SMILES string of the molecule is O=c1[nH]cnc(O)c1N=Nc1ccc(/C=C/c2ccc(N=Nc3c(O)nc[nH]c3=O)cc2S(=O)(=O)O)c(S(=O)(=O)O)c1.[Na]. The van der Waals surface area contributed by atoms with Crippen molar-refractivity contribution in [2.45, 2.75) is 9.79 Å². The molecule has 0 fully saturated rings. The topological polar surface area (TPSA) is 290 Å². The number of H-pyrrole nitrogens is 2. The Morgan fingerprint density at radius 1 is 0.651 bits per heavy atom. The molecule has 43 heavy (non-hydrogen) atoms. The molecule has 217 valence electrons. The molecule has 0 unspecified atom stereocenters. The van der Waals surface area contributed by atoms with Gasteiger partial charge in [-0.2, -0.15) is 27.1 Å². The molecule has 0 spiro atoms. The average molecular weight is 640 g/mol. The predicted molar refractivity (Wildman–Crippen MR) is 149 cm³/mol. The number of aromatic nitrogens is 4. The summed E-state index contributed by atoms with van der Waals surface area (Å²) in [6.45, 7) is 0. The second-order valence-corrected chi connectivity index (χ2v) is 10.7. The molecule has 0 aliphatic carbocycles. The maximum absolute atomic E-state index is 12.0. The van der Waals surface area contributed by atoms with Gasteiger partial charge in [0.2, 0.25) is 23.1 Å². The Bertz CT molecular complexity index is 1980. The molecule has 0 bridgehead atoms. The van der Waals surface area contributed by atoms with Crippen molar-refractivity contribution in [1.29, 1.82) is 0 Å². The minimum Gasteiger partial charge on any atom is -0.492 e. The van der Waals surface area contributed by atoms with E-state index < -0.39 is 64.3 Å². The fourth-order valence-electron chi connectivity index (χ4n) is 3.23. The van der Waals surface area contributed by atoms with Crippen LogP contribution in [0.1, 0.15) is 11.1 Å². The Hall–Kier alpha value is -4.44. The van der Waals surface area contributed by atoms with Crippen LogP contribution in [0.15, 0.2) is 88.9 Å². The number of aromatic amines is 2. The molecule has 4 aromatic rings. The van der Waals surface area contributed by atoms with E-state index in [4.69, 9.17) is 0 Å². The maximum Gasteiger partial charge on any atom is 0.295 e. The number of azo groups is 2. The van der Waals surface area contributed by atoms with Crippen LogP contribution in [0.25, 0.3) is 12.2 Å². The monoisotopic (exact) mass is 639 g/mol. The van der Waals surface area contributed by atoms with Crippen LogP contribution >= 0.6 is 0 Å². The Balaban J connectivity index is 0.00000506. The third-order valence-electron chi connectivity index (χ3n) is 5.14. The number of nitrogens with zero attached hydrogens (tertiary/aromatic N) is 6. The minimum atomic E-state index is -4.88. The number of hydrogen-bond acceptors (Lipinski definition) is 14. The molecular formula is C22H16N8NaO10S2. The molecule has 0 saturated heterocycles. The van der Waals surface area contributed by atoms with Crippen molar-refractivity contribution >= 4 is 84.7 Å². The number of hydrogen-bond donors (Lipinski definition) is 6. The summed E-state index contributed by atoms with van der Waals surface area (Å²) in [6.07, 6.45) is 4.08. The van der Waals surface area contributed by atoms with E-state index in [2.05, 4.69) is 40.4 Å². The molecule has 0 atom stereocenters. The summed E-state index contributed by atoms with van der Waals surface area (Å²) >= 11 is 0. The molecule has 18 nitrogen and oxygen atoms in total. The molecule has 0 saturated carbocycles. The van der Waals surface area contributed by atoms with Gasteiger partial charge < -0.3 is 20.2 Å². The van der Waals surface area contributed by atoms with Crippen LogP contribution in [0.2, 0.25) is 0 Å². The molecule has 0 aliphatic heterocycles. The summed E-state index contributed by atoms with van der Waals surface area (Å²) < 4.78 is 67.7. The smallest absolute Gasteiger partial charge is 0.295 e. The molecule has 0 aliphatic rings. The van der Waals surface area contributed by atoms with E-state index in [9.17, 15) is 45.7 Å². The van der Waals surface area contributed by atoms with Crippen LogP contribution in [0.5, 0.6) is 11.8 Å².